The predicted octanol–water partition coefficient (Wildman–Crippen LogP) is 0.319. The van der Waals surface area contributed by atoms with Gasteiger partial charge in [-0.15, -0.1) is 5.06 Å². The van der Waals surface area contributed by atoms with Crippen LogP contribution in [0, 0.1) is 0 Å². The lowest BCUT2D eigenvalue weighted by molar-refractivity contribution is -0.197. The largest absolute Gasteiger partial charge is 0.333 e. The van der Waals surface area contributed by atoms with Crippen LogP contribution in [0.2, 0.25) is 0 Å². The third-order valence-corrected chi connectivity index (χ3v) is 5.77. The van der Waals surface area contributed by atoms with E-state index in [-0.39, 0.29) is 37.4 Å². The van der Waals surface area contributed by atoms with Gasteiger partial charge in [0, 0.05) is 30.3 Å². The highest BCUT2D eigenvalue weighted by molar-refractivity contribution is 8.00. The minimum atomic E-state index is -0.554. The lowest BCUT2D eigenvalue weighted by Gasteiger charge is -2.16. The summed E-state index contributed by atoms with van der Waals surface area (Å²) in [7, 11) is 0. The molecule has 0 aromatic rings. The van der Waals surface area contributed by atoms with Gasteiger partial charge in [-0.1, -0.05) is 6.42 Å². The fourth-order valence-corrected chi connectivity index (χ4v) is 4.61. The third kappa shape index (κ3) is 3.60. The fraction of sp³-hybridized carbons (Fsp3) is 0.714. The van der Waals surface area contributed by atoms with E-state index in [0.29, 0.717) is 16.7 Å². The van der Waals surface area contributed by atoms with Crippen molar-refractivity contribution in [2.75, 3.05) is 5.75 Å². The van der Waals surface area contributed by atoms with E-state index in [1.807, 2.05) is 11.8 Å². The first kappa shape index (κ1) is 16.1. The standard InChI is InChI=1S/C14H19N3O5S/c18-10-5-6-11(19)17(10)22-12(20)4-2-1-3-9-13-8(7-23-9)15-14(21)16-13/h8-9,13H,1-7H2,(H2,15,16,21)/t8?,9-,13-/m0/s1. The zero-order chi connectivity index (χ0) is 16.4. The molecule has 2 N–H and O–H groups in total. The summed E-state index contributed by atoms with van der Waals surface area (Å²) in [5, 5.41) is 6.76. The summed E-state index contributed by atoms with van der Waals surface area (Å²) in [5.74, 6) is -0.557. The predicted molar refractivity (Wildman–Crippen MR) is 81.1 cm³/mol. The van der Waals surface area contributed by atoms with Gasteiger partial charge in [-0.2, -0.15) is 11.8 Å². The average molecular weight is 341 g/mol. The van der Waals surface area contributed by atoms with E-state index < -0.39 is 17.8 Å². The van der Waals surface area contributed by atoms with Crippen LogP contribution in [-0.2, 0) is 19.2 Å². The number of hydrogen-bond acceptors (Lipinski definition) is 6. The zero-order valence-electron chi connectivity index (χ0n) is 12.6. The number of unbranched alkanes of at least 4 members (excludes halogenated alkanes) is 1. The van der Waals surface area contributed by atoms with Crippen molar-refractivity contribution < 1.29 is 24.0 Å². The second-order valence-electron chi connectivity index (χ2n) is 5.91. The minimum absolute atomic E-state index is 0.103. The topological polar surface area (TPSA) is 105 Å². The number of carbonyl (C=O) groups is 4. The maximum absolute atomic E-state index is 11.7. The van der Waals surface area contributed by atoms with Crippen molar-refractivity contribution in [1.29, 1.82) is 0 Å². The average Bonchev–Trinajstić information content (AvgIpc) is 3.14. The first-order chi connectivity index (χ1) is 11.0. The Bertz CT molecular complexity index is 525. The summed E-state index contributed by atoms with van der Waals surface area (Å²) in [5.41, 5.74) is 0. The number of nitrogens with zero attached hydrogens (tertiary/aromatic N) is 1. The summed E-state index contributed by atoms with van der Waals surface area (Å²) in [6, 6.07) is 0.266. The van der Waals surface area contributed by atoms with Crippen LogP contribution in [0.25, 0.3) is 0 Å². The molecule has 3 aliphatic rings. The van der Waals surface area contributed by atoms with Gasteiger partial charge in [-0.3, -0.25) is 9.59 Å². The zero-order valence-corrected chi connectivity index (χ0v) is 13.4. The maximum Gasteiger partial charge on any atom is 0.333 e. The second kappa shape index (κ2) is 6.77. The second-order valence-corrected chi connectivity index (χ2v) is 7.18. The monoisotopic (exact) mass is 341 g/mol. The Morgan fingerprint density at radius 1 is 1.17 bits per heavy atom. The Morgan fingerprint density at radius 2 is 1.91 bits per heavy atom. The van der Waals surface area contributed by atoms with E-state index in [4.69, 9.17) is 4.84 Å². The number of imide groups is 1. The minimum Gasteiger partial charge on any atom is -0.332 e. The molecule has 0 saturated carbocycles. The van der Waals surface area contributed by atoms with Gasteiger partial charge in [-0.25, -0.2) is 9.59 Å². The van der Waals surface area contributed by atoms with Crippen LogP contribution in [0.4, 0.5) is 4.79 Å². The molecule has 0 spiro atoms. The van der Waals surface area contributed by atoms with Gasteiger partial charge in [0.2, 0.25) is 0 Å². The van der Waals surface area contributed by atoms with Crippen molar-refractivity contribution in [1.82, 2.24) is 15.7 Å². The highest BCUT2D eigenvalue weighted by Crippen LogP contribution is 2.33. The van der Waals surface area contributed by atoms with E-state index in [1.165, 1.54) is 0 Å². The van der Waals surface area contributed by atoms with Gasteiger partial charge in [0.05, 0.1) is 12.1 Å². The highest BCUT2D eigenvalue weighted by atomic mass is 32.2. The number of rotatable bonds is 6. The van der Waals surface area contributed by atoms with Gasteiger partial charge >= 0.3 is 12.0 Å². The van der Waals surface area contributed by atoms with Crippen molar-refractivity contribution in [2.24, 2.45) is 0 Å². The van der Waals surface area contributed by atoms with Gasteiger partial charge in [0.25, 0.3) is 11.8 Å². The molecule has 3 aliphatic heterocycles. The van der Waals surface area contributed by atoms with Crippen LogP contribution in [0.5, 0.6) is 0 Å². The molecule has 0 aromatic carbocycles. The molecule has 0 aromatic heterocycles. The van der Waals surface area contributed by atoms with Crippen molar-refractivity contribution in [3.63, 3.8) is 0 Å². The summed E-state index contributed by atoms with van der Waals surface area (Å²) < 4.78 is 0. The normalized spacial score (nSPS) is 29.5. The number of thioether (sulfide) groups is 1. The highest BCUT2D eigenvalue weighted by Gasteiger charge is 2.42. The molecule has 23 heavy (non-hydrogen) atoms. The maximum atomic E-state index is 11.7. The van der Waals surface area contributed by atoms with E-state index in [0.717, 1.165) is 18.6 Å². The first-order valence-corrected chi connectivity index (χ1v) is 8.84. The molecule has 0 radical (unpaired) electrons. The van der Waals surface area contributed by atoms with Crippen molar-refractivity contribution in [3.8, 4) is 0 Å². The molecule has 126 valence electrons. The Morgan fingerprint density at radius 3 is 2.65 bits per heavy atom. The number of carbonyl (C=O) groups excluding carboxylic acids is 4. The lowest BCUT2D eigenvalue weighted by atomic mass is 10.0. The molecule has 4 amide bonds. The van der Waals surface area contributed by atoms with Crippen molar-refractivity contribution in [3.05, 3.63) is 0 Å². The van der Waals surface area contributed by atoms with Crippen LogP contribution in [0.15, 0.2) is 0 Å². The Labute approximate surface area is 137 Å². The summed E-state index contributed by atoms with van der Waals surface area (Å²) >= 11 is 1.83. The summed E-state index contributed by atoms with van der Waals surface area (Å²) in [4.78, 5) is 50.5. The first-order valence-electron chi connectivity index (χ1n) is 7.80. The molecule has 0 bridgehead atoms. The van der Waals surface area contributed by atoms with E-state index in [1.54, 1.807) is 0 Å². The van der Waals surface area contributed by atoms with Crippen molar-refractivity contribution in [2.45, 2.75) is 55.9 Å². The van der Waals surface area contributed by atoms with Crippen LogP contribution < -0.4 is 10.6 Å². The van der Waals surface area contributed by atoms with Crippen LogP contribution in [0.3, 0.4) is 0 Å². The molecule has 3 atom stereocenters. The summed E-state index contributed by atoms with van der Waals surface area (Å²) in [6.07, 6.45) is 2.75. The number of hydroxylamine groups is 2. The molecule has 3 fully saturated rings. The Balaban J connectivity index is 1.34. The number of nitrogens with one attached hydrogen (secondary N) is 2. The molecule has 3 rings (SSSR count). The number of hydrogen-bond donors (Lipinski definition) is 2. The van der Waals surface area contributed by atoms with Crippen LogP contribution in [-0.4, -0.2) is 52.0 Å². The number of urea groups is 1. The number of amides is 4. The quantitative estimate of drug-likeness (QED) is 0.409. The van der Waals surface area contributed by atoms with E-state index >= 15 is 0 Å². The van der Waals surface area contributed by atoms with Crippen LogP contribution in [0.1, 0.15) is 38.5 Å². The molecule has 8 nitrogen and oxygen atoms in total. The Hall–Kier alpha value is -1.77. The third-order valence-electron chi connectivity index (χ3n) is 4.26. The lowest BCUT2D eigenvalue weighted by Crippen LogP contribution is -2.36. The van der Waals surface area contributed by atoms with E-state index in [2.05, 4.69) is 10.6 Å². The SMILES string of the molecule is O=C1NC2CS[C@@H](CCCCC(=O)ON3C(=O)CCC3=O)[C@H]2N1. The smallest absolute Gasteiger partial charge is 0.332 e. The fourth-order valence-electron chi connectivity index (χ4n) is 3.06. The molecular weight excluding hydrogens is 322 g/mol. The van der Waals surface area contributed by atoms with E-state index in [9.17, 15) is 19.2 Å². The Kier molecular flexibility index (Phi) is 4.74. The van der Waals surface area contributed by atoms with Gasteiger partial charge in [-0.05, 0) is 12.8 Å². The molecular formula is C14H19N3O5S. The molecule has 0 aliphatic carbocycles. The van der Waals surface area contributed by atoms with Crippen LogP contribution >= 0.6 is 11.8 Å². The van der Waals surface area contributed by atoms with Gasteiger partial charge in [0.15, 0.2) is 0 Å². The molecule has 3 saturated heterocycles. The van der Waals surface area contributed by atoms with Gasteiger partial charge in [0.1, 0.15) is 0 Å². The van der Waals surface area contributed by atoms with Crippen molar-refractivity contribution >= 4 is 35.6 Å². The number of fused-ring (bicyclic) bond motifs is 1. The molecule has 1 unspecified atom stereocenters. The summed E-state index contributed by atoms with van der Waals surface area (Å²) in [6.45, 7) is 0. The van der Waals surface area contributed by atoms with Gasteiger partial charge < -0.3 is 15.5 Å². The molecule has 3 heterocycles. The molecule has 9 heteroatoms.